The molecule has 0 aliphatic carbocycles. The van der Waals surface area contributed by atoms with Crippen LogP contribution in [0.2, 0.25) is 0 Å². The Bertz CT molecular complexity index is 413. The lowest BCUT2D eigenvalue weighted by Gasteiger charge is -2.28. The SMILES string of the molecule is C1=NN(CCN2CCNCC2)CN1c1ccccc1. The third-order valence-electron chi connectivity index (χ3n) is 3.64. The molecule has 1 aromatic rings. The molecule has 0 amide bonds. The third kappa shape index (κ3) is 3.24. The van der Waals surface area contributed by atoms with Gasteiger partial charge in [-0.2, -0.15) is 5.10 Å². The maximum Gasteiger partial charge on any atom is 0.117 e. The second kappa shape index (κ2) is 6.04. The number of anilines is 1. The Kier molecular flexibility index (Phi) is 3.95. The van der Waals surface area contributed by atoms with Crippen LogP contribution in [-0.2, 0) is 0 Å². The highest BCUT2D eigenvalue weighted by molar-refractivity contribution is 5.80. The molecule has 1 saturated heterocycles. The largest absolute Gasteiger partial charge is 0.314 e. The molecule has 19 heavy (non-hydrogen) atoms. The highest BCUT2D eigenvalue weighted by Gasteiger charge is 2.16. The molecule has 0 radical (unpaired) electrons. The number of nitrogens with one attached hydrogen (secondary N) is 1. The highest BCUT2D eigenvalue weighted by Crippen LogP contribution is 2.15. The molecule has 5 nitrogen and oxygen atoms in total. The van der Waals surface area contributed by atoms with Crippen molar-refractivity contribution in [1.82, 2.24) is 15.2 Å². The number of piperazine rings is 1. The summed E-state index contributed by atoms with van der Waals surface area (Å²) in [6, 6.07) is 10.4. The van der Waals surface area contributed by atoms with E-state index in [0.29, 0.717) is 0 Å². The minimum atomic E-state index is 0.857. The van der Waals surface area contributed by atoms with Crippen molar-refractivity contribution in [2.24, 2.45) is 5.10 Å². The minimum absolute atomic E-state index is 0.857. The molecule has 2 aliphatic rings. The first kappa shape index (κ1) is 12.4. The van der Waals surface area contributed by atoms with Crippen LogP contribution in [0.5, 0.6) is 0 Å². The van der Waals surface area contributed by atoms with E-state index >= 15 is 0 Å². The fourth-order valence-corrected chi connectivity index (χ4v) is 2.47. The van der Waals surface area contributed by atoms with E-state index in [4.69, 9.17) is 0 Å². The lowest BCUT2D eigenvalue weighted by atomic mass is 10.3. The maximum atomic E-state index is 4.47. The van der Waals surface area contributed by atoms with Crippen molar-refractivity contribution in [2.75, 3.05) is 50.8 Å². The molecule has 1 aromatic carbocycles. The smallest absolute Gasteiger partial charge is 0.117 e. The van der Waals surface area contributed by atoms with Crippen molar-refractivity contribution in [3.05, 3.63) is 30.3 Å². The van der Waals surface area contributed by atoms with Crippen LogP contribution in [0.1, 0.15) is 0 Å². The van der Waals surface area contributed by atoms with Crippen molar-refractivity contribution in [3.63, 3.8) is 0 Å². The number of hydrogen-bond acceptors (Lipinski definition) is 5. The Morgan fingerprint density at radius 2 is 1.84 bits per heavy atom. The molecule has 0 atom stereocenters. The summed E-state index contributed by atoms with van der Waals surface area (Å²) in [6.07, 6.45) is 1.92. The Morgan fingerprint density at radius 3 is 2.63 bits per heavy atom. The molecule has 2 aliphatic heterocycles. The van der Waals surface area contributed by atoms with Gasteiger partial charge in [0.1, 0.15) is 13.0 Å². The Hall–Kier alpha value is -1.59. The second-order valence-corrected chi connectivity index (χ2v) is 5.00. The average molecular weight is 259 g/mol. The van der Waals surface area contributed by atoms with Crippen LogP contribution in [0.4, 0.5) is 5.69 Å². The molecular weight excluding hydrogens is 238 g/mol. The standard InChI is InChI=1S/C14H21N5/c1-2-4-14(5-3-1)18-12-16-19(13-18)11-10-17-8-6-15-7-9-17/h1-5,12,15H,6-11,13H2. The van der Waals surface area contributed by atoms with E-state index in [1.807, 2.05) is 12.4 Å². The van der Waals surface area contributed by atoms with Gasteiger partial charge in [0, 0.05) is 38.4 Å². The van der Waals surface area contributed by atoms with E-state index in [2.05, 4.69) is 49.5 Å². The van der Waals surface area contributed by atoms with Gasteiger partial charge in [-0.05, 0) is 12.1 Å². The monoisotopic (exact) mass is 259 g/mol. The topological polar surface area (TPSA) is 34.1 Å². The maximum absolute atomic E-state index is 4.47. The van der Waals surface area contributed by atoms with Gasteiger partial charge in [-0.15, -0.1) is 0 Å². The highest BCUT2D eigenvalue weighted by atomic mass is 15.6. The molecule has 2 heterocycles. The van der Waals surface area contributed by atoms with Gasteiger partial charge < -0.3 is 10.2 Å². The fourth-order valence-electron chi connectivity index (χ4n) is 2.47. The number of nitrogens with zero attached hydrogens (tertiary/aromatic N) is 4. The van der Waals surface area contributed by atoms with E-state index < -0.39 is 0 Å². The summed E-state index contributed by atoms with van der Waals surface area (Å²) in [6.45, 7) is 7.48. The number of rotatable bonds is 4. The number of benzene rings is 1. The van der Waals surface area contributed by atoms with Gasteiger partial charge in [0.25, 0.3) is 0 Å². The van der Waals surface area contributed by atoms with Crippen LogP contribution in [0, 0.1) is 0 Å². The van der Waals surface area contributed by atoms with Crippen LogP contribution in [0.25, 0.3) is 0 Å². The third-order valence-corrected chi connectivity index (χ3v) is 3.64. The first-order valence-corrected chi connectivity index (χ1v) is 6.96. The van der Waals surface area contributed by atoms with E-state index in [0.717, 1.165) is 45.9 Å². The zero-order chi connectivity index (χ0) is 12.9. The first-order valence-electron chi connectivity index (χ1n) is 6.96. The lowest BCUT2D eigenvalue weighted by Crippen LogP contribution is -2.46. The van der Waals surface area contributed by atoms with Crippen molar-refractivity contribution in [3.8, 4) is 0 Å². The molecule has 0 spiro atoms. The number of para-hydroxylation sites is 1. The Balaban J connectivity index is 1.46. The van der Waals surface area contributed by atoms with Gasteiger partial charge >= 0.3 is 0 Å². The van der Waals surface area contributed by atoms with Gasteiger partial charge in [-0.3, -0.25) is 9.91 Å². The van der Waals surface area contributed by atoms with E-state index in [-0.39, 0.29) is 0 Å². The van der Waals surface area contributed by atoms with Crippen LogP contribution in [0.3, 0.4) is 0 Å². The normalized spacial score (nSPS) is 20.2. The summed E-state index contributed by atoms with van der Waals surface area (Å²) in [7, 11) is 0. The summed E-state index contributed by atoms with van der Waals surface area (Å²) in [5.74, 6) is 0. The van der Waals surface area contributed by atoms with Crippen LogP contribution < -0.4 is 10.2 Å². The summed E-state index contributed by atoms with van der Waals surface area (Å²) in [5.41, 5.74) is 1.20. The lowest BCUT2D eigenvalue weighted by molar-refractivity contribution is 0.200. The van der Waals surface area contributed by atoms with Crippen molar-refractivity contribution in [2.45, 2.75) is 0 Å². The molecule has 0 bridgehead atoms. The molecule has 1 fully saturated rings. The van der Waals surface area contributed by atoms with Gasteiger partial charge in [0.05, 0.1) is 6.54 Å². The summed E-state index contributed by atoms with van der Waals surface area (Å²) in [5, 5.41) is 9.98. The quantitative estimate of drug-likeness (QED) is 0.859. The van der Waals surface area contributed by atoms with Gasteiger partial charge in [0.15, 0.2) is 0 Å². The summed E-state index contributed by atoms with van der Waals surface area (Å²) >= 11 is 0. The average Bonchev–Trinajstić information content (AvgIpc) is 2.96. The number of hydrazone groups is 1. The Morgan fingerprint density at radius 1 is 1.05 bits per heavy atom. The summed E-state index contributed by atoms with van der Waals surface area (Å²) < 4.78 is 0. The van der Waals surface area contributed by atoms with Crippen LogP contribution in [-0.4, -0.2) is 62.2 Å². The van der Waals surface area contributed by atoms with Crippen LogP contribution in [0.15, 0.2) is 35.4 Å². The molecule has 0 unspecified atom stereocenters. The van der Waals surface area contributed by atoms with Crippen molar-refractivity contribution >= 4 is 12.0 Å². The zero-order valence-electron chi connectivity index (χ0n) is 11.2. The zero-order valence-corrected chi connectivity index (χ0v) is 11.2. The second-order valence-electron chi connectivity index (χ2n) is 5.00. The van der Waals surface area contributed by atoms with Gasteiger partial charge in [0.2, 0.25) is 0 Å². The van der Waals surface area contributed by atoms with Crippen LogP contribution >= 0.6 is 0 Å². The minimum Gasteiger partial charge on any atom is -0.314 e. The van der Waals surface area contributed by atoms with E-state index in [9.17, 15) is 0 Å². The number of hydrogen-bond donors (Lipinski definition) is 1. The molecule has 3 rings (SSSR count). The molecule has 0 aromatic heterocycles. The van der Waals surface area contributed by atoms with Crippen molar-refractivity contribution in [1.29, 1.82) is 0 Å². The Labute approximate surface area is 114 Å². The summed E-state index contributed by atoms with van der Waals surface area (Å²) in [4.78, 5) is 4.68. The van der Waals surface area contributed by atoms with E-state index in [1.54, 1.807) is 0 Å². The molecule has 5 heteroatoms. The first-order chi connectivity index (χ1) is 9.42. The fraction of sp³-hybridized carbons (Fsp3) is 0.500. The molecule has 102 valence electrons. The molecule has 0 saturated carbocycles. The van der Waals surface area contributed by atoms with E-state index in [1.165, 1.54) is 5.69 Å². The predicted molar refractivity (Wildman–Crippen MR) is 78.3 cm³/mol. The van der Waals surface area contributed by atoms with Gasteiger partial charge in [-0.1, -0.05) is 18.2 Å². The van der Waals surface area contributed by atoms with Gasteiger partial charge in [-0.25, -0.2) is 0 Å². The molecular formula is C14H21N5. The van der Waals surface area contributed by atoms with Crippen molar-refractivity contribution < 1.29 is 0 Å². The molecule has 1 N–H and O–H groups in total. The predicted octanol–water partition coefficient (Wildman–Crippen LogP) is 0.615.